The highest BCUT2D eigenvalue weighted by atomic mass is 16.5. The Hall–Kier alpha value is -1.10. The molecule has 112 valence electrons. The number of rotatable bonds is 7. The first-order chi connectivity index (χ1) is 9.72. The zero-order valence-corrected chi connectivity index (χ0v) is 12.8. The lowest BCUT2D eigenvalue weighted by Crippen LogP contribution is -2.28. The fourth-order valence-corrected chi connectivity index (χ4v) is 2.76. The van der Waals surface area contributed by atoms with Crippen LogP contribution in [0.5, 0.6) is 5.75 Å². The van der Waals surface area contributed by atoms with Crippen LogP contribution in [0.1, 0.15) is 24.0 Å². The molecule has 1 heterocycles. The number of methoxy groups -OCH3 is 1. The van der Waals surface area contributed by atoms with Gasteiger partial charge in [-0.3, -0.25) is 4.90 Å². The van der Waals surface area contributed by atoms with Crippen LogP contribution in [0.2, 0.25) is 0 Å². The van der Waals surface area contributed by atoms with Crippen LogP contribution in [0.25, 0.3) is 0 Å². The first-order valence-electron chi connectivity index (χ1n) is 7.33. The lowest BCUT2D eigenvalue weighted by Gasteiger charge is -2.22. The highest BCUT2D eigenvalue weighted by molar-refractivity contribution is 5.37. The van der Waals surface area contributed by atoms with Gasteiger partial charge < -0.3 is 14.8 Å². The van der Waals surface area contributed by atoms with Gasteiger partial charge in [0.2, 0.25) is 0 Å². The van der Waals surface area contributed by atoms with E-state index in [0.717, 1.165) is 32.0 Å². The van der Waals surface area contributed by atoms with E-state index in [0.29, 0.717) is 6.10 Å². The van der Waals surface area contributed by atoms with E-state index in [1.165, 1.54) is 24.0 Å². The summed E-state index contributed by atoms with van der Waals surface area (Å²) in [5, 5.41) is 3.19. The Balaban J connectivity index is 1.99. The third-order valence-corrected chi connectivity index (χ3v) is 3.71. The number of hydrogen-bond donors (Lipinski definition) is 1. The molecule has 0 amide bonds. The predicted molar refractivity (Wildman–Crippen MR) is 81.1 cm³/mol. The molecule has 1 saturated heterocycles. The summed E-state index contributed by atoms with van der Waals surface area (Å²) in [5.74, 6) is 0.962. The molecule has 0 aliphatic carbocycles. The lowest BCUT2D eigenvalue weighted by molar-refractivity contribution is 0.0791. The van der Waals surface area contributed by atoms with Crippen LogP contribution in [0.3, 0.4) is 0 Å². The molecule has 0 spiro atoms. The molecule has 0 saturated carbocycles. The van der Waals surface area contributed by atoms with Gasteiger partial charge in [0.1, 0.15) is 5.75 Å². The second-order valence-corrected chi connectivity index (χ2v) is 5.51. The molecule has 4 heteroatoms. The zero-order chi connectivity index (χ0) is 14.4. The SMILES string of the molecule is CNCc1ccc(OC)c(CN(C)CC2CCCO2)c1. The maximum Gasteiger partial charge on any atom is 0.123 e. The molecule has 0 aromatic heterocycles. The topological polar surface area (TPSA) is 33.7 Å². The molecule has 1 unspecified atom stereocenters. The summed E-state index contributed by atoms with van der Waals surface area (Å²) in [6.07, 6.45) is 2.77. The molecular weight excluding hydrogens is 252 g/mol. The van der Waals surface area contributed by atoms with Gasteiger partial charge >= 0.3 is 0 Å². The fraction of sp³-hybridized carbons (Fsp3) is 0.625. The quantitative estimate of drug-likeness (QED) is 0.827. The van der Waals surface area contributed by atoms with Crippen molar-refractivity contribution >= 4 is 0 Å². The Labute approximate surface area is 122 Å². The van der Waals surface area contributed by atoms with Crippen molar-refractivity contribution in [2.24, 2.45) is 0 Å². The summed E-state index contributed by atoms with van der Waals surface area (Å²) in [4.78, 5) is 2.32. The molecule has 1 aromatic carbocycles. The van der Waals surface area contributed by atoms with Crippen molar-refractivity contribution in [1.82, 2.24) is 10.2 Å². The Morgan fingerprint density at radius 3 is 2.95 bits per heavy atom. The minimum absolute atomic E-state index is 0.395. The third kappa shape index (κ3) is 4.20. The van der Waals surface area contributed by atoms with Crippen LogP contribution >= 0.6 is 0 Å². The van der Waals surface area contributed by atoms with Gasteiger partial charge in [-0.15, -0.1) is 0 Å². The summed E-state index contributed by atoms with van der Waals surface area (Å²) < 4.78 is 11.2. The Bertz CT molecular complexity index is 417. The summed E-state index contributed by atoms with van der Waals surface area (Å²) in [6, 6.07) is 6.39. The second kappa shape index (κ2) is 7.62. The van der Waals surface area contributed by atoms with E-state index in [-0.39, 0.29) is 0 Å². The van der Waals surface area contributed by atoms with E-state index >= 15 is 0 Å². The van der Waals surface area contributed by atoms with Crippen molar-refractivity contribution in [3.63, 3.8) is 0 Å². The number of nitrogens with one attached hydrogen (secondary N) is 1. The molecule has 2 rings (SSSR count). The molecule has 0 bridgehead atoms. The Morgan fingerprint density at radius 1 is 1.45 bits per heavy atom. The first kappa shape index (κ1) is 15.3. The maximum atomic E-state index is 5.70. The van der Waals surface area contributed by atoms with Gasteiger partial charge in [0.05, 0.1) is 13.2 Å². The Morgan fingerprint density at radius 2 is 2.30 bits per heavy atom. The lowest BCUT2D eigenvalue weighted by atomic mass is 10.1. The standard InChI is InChI=1S/C16H26N2O2/c1-17-10-13-6-7-16(19-3)14(9-13)11-18(2)12-15-5-4-8-20-15/h6-7,9,15,17H,4-5,8,10-12H2,1-3H3. The van der Waals surface area contributed by atoms with E-state index in [1.807, 2.05) is 7.05 Å². The van der Waals surface area contributed by atoms with Gasteiger partial charge in [0.15, 0.2) is 0 Å². The average Bonchev–Trinajstić information content (AvgIpc) is 2.92. The largest absolute Gasteiger partial charge is 0.496 e. The van der Waals surface area contributed by atoms with Crippen LogP contribution in [0, 0.1) is 0 Å². The van der Waals surface area contributed by atoms with E-state index in [4.69, 9.17) is 9.47 Å². The van der Waals surface area contributed by atoms with Crippen LogP contribution in [0.15, 0.2) is 18.2 Å². The molecule has 1 N–H and O–H groups in total. The number of likely N-dealkylation sites (N-methyl/N-ethyl adjacent to an activating group) is 1. The highest BCUT2D eigenvalue weighted by Gasteiger charge is 2.18. The fourth-order valence-electron chi connectivity index (χ4n) is 2.76. The van der Waals surface area contributed by atoms with E-state index in [2.05, 4.69) is 35.5 Å². The van der Waals surface area contributed by atoms with Gasteiger partial charge in [0.25, 0.3) is 0 Å². The zero-order valence-electron chi connectivity index (χ0n) is 12.8. The maximum absolute atomic E-state index is 5.70. The second-order valence-electron chi connectivity index (χ2n) is 5.51. The van der Waals surface area contributed by atoms with Gasteiger partial charge in [0, 0.05) is 31.8 Å². The number of ether oxygens (including phenoxy) is 2. The number of nitrogens with zero attached hydrogens (tertiary/aromatic N) is 1. The monoisotopic (exact) mass is 278 g/mol. The van der Waals surface area contributed by atoms with Crippen molar-refractivity contribution < 1.29 is 9.47 Å². The van der Waals surface area contributed by atoms with Gasteiger partial charge in [-0.1, -0.05) is 6.07 Å². The van der Waals surface area contributed by atoms with Gasteiger partial charge in [-0.2, -0.15) is 0 Å². The molecule has 1 aromatic rings. The van der Waals surface area contributed by atoms with Crippen molar-refractivity contribution in [1.29, 1.82) is 0 Å². The first-order valence-corrected chi connectivity index (χ1v) is 7.33. The van der Waals surface area contributed by atoms with E-state index in [9.17, 15) is 0 Å². The van der Waals surface area contributed by atoms with Crippen LogP contribution in [-0.4, -0.2) is 45.4 Å². The molecule has 20 heavy (non-hydrogen) atoms. The van der Waals surface area contributed by atoms with Crippen LogP contribution in [-0.2, 0) is 17.8 Å². The smallest absolute Gasteiger partial charge is 0.123 e. The Kier molecular flexibility index (Phi) is 5.83. The summed E-state index contributed by atoms with van der Waals surface area (Å²) in [5.41, 5.74) is 2.52. The van der Waals surface area contributed by atoms with Crippen LogP contribution < -0.4 is 10.1 Å². The number of hydrogen-bond acceptors (Lipinski definition) is 4. The van der Waals surface area contributed by atoms with E-state index < -0.39 is 0 Å². The van der Waals surface area contributed by atoms with Crippen molar-refractivity contribution in [2.45, 2.75) is 32.0 Å². The summed E-state index contributed by atoms with van der Waals surface area (Å²) >= 11 is 0. The molecule has 4 nitrogen and oxygen atoms in total. The minimum Gasteiger partial charge on any atom is -0.496 e. The molecule has 1 fully saturated rings. The highest BCUT2D eigenvalue weighted by Crippen LogP contribution is 2.22. The van der Waals surface area contributed by atoms with Crippen molar-refractivity contribution in [3.05, 3.63) is 29.3 Å². The van der Waals surface area contributed by atoms with Crippen molar-refractivity contribution in [2.75, 3.05) is 34.4 Å². The number of benzene rings is 1. The summed E-state index contributed by atoms with van der Waals surface area (Å²) in [6.45, 7) is 3.67. The van der Waals surface area contributed by atoms with Crippen LogP contribution in [0.4, 0.5) is 0 Å². The molecule has 1 atom stereocenters. The van der Waals surface area contributed by atoms with Gasteiger partial charge in [-0.05, 0) is 44.6 Å². The molecule has 0 radical (unpaired) electrons. The predicted octanol–water partition coefficient (Wildman–Crippen LogP) is 2.03. The van der Waals surface area contributed by atoms with Gasteiger partial charge in [-0.25, -0.2) is 0 Å². The van der Waals surface area contributed by atoms with E-state index in [1.54, 1.807) is 7.11 Å². The molecule has 1 aliphatic rings. The molecular formula is C16H26N2O2. The minimum atomic E-state index is 0.395. The van der Waals surface area contributed by atoms with Crippen molar-refractivity contribution in [3.8, 4) is 5.75 Å². The normalized spacial score (nSPS) is 18.7. The summed E-state index contributed by atoms with van der Waals surface area (Å²) in [7, 11) is 5.84. The third-order valence-electron chi connectivity index (χ3n) is 3.71. The average molecular weight is 278 g/mol. The molecule has 1 aliphatic heterocycles.